The molecule has 1 aliphatic rings. The van der Waals surface area contributed by atoms with Crippen LogP contribution in [0.25, 0.3) is 0 Å². The molecule has 0 bridgehead atoms. The number of nitrogens with zero attached hydrogens (tertiary/aromatic N) is 1. The molecule has 6 nitrogen and oxygen atoms in total. The molecule has 1 atom stereocenters. The Morgan fingerprint density at radius 1 is 1.23 bits per heavy atom. The van der Waals surface area contributed by atoms with E-state index in [1.54, 1.807) is 30.3 Å². The van der Waals surface area contributed by atoms with Gasteiger partial charge in [0, 0.05) is 24.7 Å². The van der Waals surface area contributed by atoms with Gasteiger partial charge in [0.25, 0.3) is 0 Å². The van der Waals surface area contributed by atoms with Gasteiger partial charge in [0.1, 0.15) is 5.75 Å². The lowest BCUT2D eigenvalue weighted by molar-refractivity contribution is -0.126. The standard InChI is InChI=1S/C22H27ClN2O4S/c1-3-29-21-11-10-20(13-16(21)2)30(27,28)25-12-4-5-18(15-25)22(26)24-14-17-6-8-19(23)9-7-17/h6-11,13,18H,3-5,12,14-15H2,1-2H3,(H,24,26)/t18-/m0/s1. The van der Waals surface area contributed by atoms with Gasteiger partial charge in [-0.1, -0.05) is 23.7 Å². The Balaban J connectivity index is 1.66. The maximum Gasteiger partial charge on any atom is 0.243 e. The maximum atomic E-state index is 13.1. The van der Waals surface area contributed by atoms with E-state index < -0.39 is 10.0 Å². The highest BCUT2D eigenvalue weighted by atomic mass is 35.5. The summed E-state index contributed by atoms with van der Waals surface area (Å²) < 4.78 is 33.2. The Morgan fingerprint density at radius 2 is 1.97 bits per heavy atom. The molecule has 0 unspecified atom stereocenters. The van der Waals surface area contributed by atoms with Crippen LogP contribution in [0.1, 0.15) is 30.9 Å². The molecule has 3 rings (SSSR count). The highest BCUT2D eigenvalue weighted by Crippen LogP contribution is 2.27. The monoisotopic (exact) mass is 450 g/mol. The summed E-state index contributed by atoms with van der Waals surface area (Å²) in [5.41, 5.74) is 1.71. The van der Waals surface area contributed by atoms with Crippen LogP contribution in [-0.4, -0.2) is 38.3 Å². The second kappa shape index (κ2) is 9.81. The predicted molar refractivity (Wildman–Crippen MR) is 117 cm³/mol. The first-order valence-electron chi connectivity index (χ1n) is 10.1. The van der Waals surface area contributed by atoms with Crippen molar-refractivity contribution in [3.05, 3.63) is 58.6 Å². The van der Waals surface area contributed by atoms with E-state index in [0.29, 0.717) is 43.3 Å². The summed E-state index contributed by atoms with van der Waals surface area (Å²) in [7, 11) is -3.67. The van der Waals surface area contributed by atoms with Crippen LogP contribution in [-0.2, 0) is 21.4 Å². The molecule has 2 aromatic rings. The summed E-state index contributed by atoms with van der Waals surface area (Å²) in [6.45, 7) is 5.21. The zero-order valence-electron chi connectivity index (χ0n) is 17.2. The first-order chi connectivity index (χ1) is 14.3. The minimum absolute atomic E-state index is 0.132. The Bertz CT molecular complexity index is 993. The number of piperidine rings is 1. The number of rotatable bonds is 7. The van der Waals surface area contributed by atoms with Crippen LogP contribution >= 0.6 is 11.6 Å². The van der Waals surface area contributed by atoms with E-state index in [0.717, 1.165) is 11.1 Å². The predicted octanol–water partition coefficient (Wildman–Crippen LogP) is 3.76. The molecule has 162 valence electrons. The third-order valence-corrected chi connectivity index (χ3v) is 7.33. The molecule has 0 spiro atoms. The van der Waals surface area contributed by atoms with E-state index in [9.17, 15) is 13.2 Å². The van der Waals surface area contributed by atoms with Crippen molar-refractivity contribution >= 4 is 27.5 Å². The summed E-state index contributed by atoms with van der Waals surface area (Å²) in [5.74, 6) is 0.173. The van der Waals surface area contributed by atoms with Gasteiger partial charge < -0.3 is 10.1 Å². The summed E-state index contributed by atoms with van der Waals surface area (Å²) >= 11 is 5.88. The van der Waals surface area contributed by atoms with Crippen molar-refractivity contribution in [1.82, 2.24) is 9.62 Å². The number of carbonyl (C=O) groups is 1. The van der Waals surface area contributed by atoms with Gasteiger partial charge in [0.2, 0.25) is 15.9 Å². The van der Waals surface area contributed by atoms with Crippen molar-refractivity contribution in [1.29, 1.82) is 0 Å². The van der Waals surface area contributed by atoms with Crippen molar-refractivity contribution in [2.24, 2.45) is 5.92 Å². The average Bonchev–Trinajstić information content (AvgIpc) is 2.74. The van der Waals surface area contributed by atoms with Crippen LogP contribution < -0.4 is 10.1 Å². The Kier molecular flexibility index (Phi) is 7.39. The van der Waals surface area contributed by atoms with Gasteiger partial charge >= 0.3 is 0 Å². The van der Waals surface area contributed by atoms with Gasteiger partial charge in [-0.3, -0.25) is 4.79 Å². The number of hydrogen-bond acceptors (Lipinski definition) is 4. The highest BCUT2D eigenvalue weighted by Gasteiger charge is 2.33. The summed E-state index contributed by atoms with van der Waals surface area (Å²) in [6.07, 6.45) is 1.31. The van der Waals surface area contributed by atoms with Gasteiger partial charge in [-0.2, -0.15) is 4.31 Å². The molecule has 1 saturated heterocycles. The minimum atomic E-state index is -3.67. The summed E-state index contributed by atoms with van der Waals surface area (Å²) in [5, 5.41) is 3.55. The molecule has 30 heavy (non-hydrogen) atoms. The second-order valence-corrected chi connectivity index (χ2v) is 9.78. The van der Waals surface area contributed by atoms with Gasteiger partial charge in [-0.05, 0) is 68.1 Å². The van der Waals surface area contributed by atoms with Crippen LogP contribution in [0.5, 0.6) is 5.75 Å². The van der Waals surface area contributed by atoms with E-state index >= 15 is 0 Å². The third-order valence-electron chi connectivity index (χ3n) is 5.22. The van der Waals surface area contributed by atoms with Crippen LogP contribution in [0.3, 0.4) is 0 Å². The average molecular weight is 451 g/mol. The molecule has 1 aliphatic heterocycles. The van der Waals surface area contributed by atoms with E-state index in [-0.39, 0.29) is 23.3 Å². The number of aryl methyl sites for hydroxylation is 1. The van der Waals surface area contributed by atoms with E-state index in [2.05, 4.69) is 5.32 Å². The zero-order valence-corrected chi connectivity index (χ0v) is 18.8. The molecule has 1 N–H and O–H groups in total. The van der Waals surface area contributed by atoms with Crippen molar-refractivity contribution < 1.29 is 17.9 Å². The maximum absolute atomic E-state index is 13.1. The molecular weight excluding hydrogens is 424 g/mol. The topological polar surface area (TPSA) is 75.7 Å². The molecule has 0 saturated carbocycles. The van der Waals surface area contributed by atoms with E-state index in [1.165, 1.54) is 4.31 Å². The molecule has 8 heteroatoms. The smallest absolute Gasteiger partial charge is 0.243 e. The molecule has 1 fully saturated rings. The first kappa shape index (κ1) is 22.6. The number of halogens is 1. The fourth-order valence-electron chi connectivity index (χ4n) is 3.56. The first-order valence-corrected chi connectivity index (χ1v) is 11.9. The quantitative estimate of drug-likeness (QED) is 0.696. The lowest BCUT2D eigenvalue weighted by atomic mass is 9.99. The van der Waals surface area contributed by atoms with E-state index in [1.807, 2.05) is 26.0 Å². The molecule has 1 amide bonds. The molecule has 1 heterocycles. The van der Waals surface area contributed by atoms with Crippen molar-refractivity contribution in [3.8, 4) is 5.75 Å². The van der Waals surface area contributed by atoms with Crippen molar-refractivity contribution in [3.63, 3.8) is 0 Å². The number of benzene rings is 2. The zero-order chi connectivity index (χ0) is 21.7. The van der Waals surface area contributed by atoms with Gasteiger partial charge in [-0.15, -0.1) is 0 Å². The Labute approximate surface area is 183 Å². The van der Waals surface area contributed by atoms with Crippen LogP contribution in [0, 0.1) is 12.8 Å². The van der Waals surface area contributed by atoms with Crippen molar-refractivity contribution in [2.75, 3.05) is 19.7 Å². The minimum Gasteiger partial charge on any atom is -0.494 e. The highest BCUT2D eigenvalue weighted by molar-refractivity contribution is 7.89. The summed E-state index contributed by atoms with van der Waals surface area (Å²) in [6, 6.07) is 12.1. The largest absolute Gasteiger partial charge is 0.494 e. The molecule has 2 aromatic carbocycles. The SMILES string of the molecule is CCOc1ccc(S(=O)(=O)N2CCC[C@H](C(=O)NCc3ccc(Cl)cc3)C2)cc1C. The summed E-state index contributed by atoms with van der Waals surface area (Å²) in [4.78, 5) is 12.9. The normalized spacial score (nSPS) is 17.5. The molecular formula is C22H27ClN2O4S. The van der Waals surface area contributed by atoms with Crippen LogP contribution in [0.4, 0.5) is 0 Å². The number of hydrogen-bond donors (Lipinski definition) is 1. The number of amides is 1. The number of ether oxygens (including phenoxy) is 1. The number of sulfonamides is 1. The van der Waals surface area contributed by atoms with Crippen molar-refractivity contribution in [2.45, 2.75) is 38.1 Å². The molecule has 0 radical (unpaired) electrons. The Morgan fingerprint density at radius 3 is 2.63 bits per heavy atom. The van der Waals surface area contributed by atoms with Crippen LogP contribution in [0.15, 0.2) is 47.4 Å². The lowest BCUT2D eigenvalue weighted by Gasteiger charge is -2.31. The van der Waals surface area contributed by atoms with Gasteiger partial charge in [-0.25, -0.2) is 8.42 Å². The second-order valence-electron chi connectivity index (χ2n) is 7.41. The number of carbonyl (C=O) groups excluding carboxylic acids is 1. The third kappa shape index (κ3) is 5.33. The van der Waals surface area contributed by atoms with E-state index in [4.69, 9.17) is 16.3 Å². The fourth-order valence-corrected chi connectivity index (χ4v) is 5.29. The fraction of sp³-hybridized carbons (Fsp3) is 0.409. The molecule has 0 aliphatic carbocycles. The molecule has 0 aromatic heterocycles. The van der Waals surface area contributed by atoms with Crippen LogP contribution in [0.2, 0.25) is 5.02 Å². The van der Waals surface area contributed by atoms with Gasteiger partial charge in [0.05, 0.1) is 17.4 Å². The Hall–Kier alpha value is -2.09. The van der Waals surface area contributed by atoms with Gasteiger partial charge in [0.15, 0.2) is 0 Å². The lowest BCUT2D eigenvalue weighted by Crippen LogP contribution is -2.45. The number of nitrogens with one attached hydrogen (secondary N) is 1.